The van der Waals surface area contributed by atoms with E-state index in [-0.39, 0.29) is 12.5 Å². The van der Waals surface area contributed by atoms with Gasteiger partial charge in [-0.2, -0.15) is 0 Å². The summed E-state index contributed by atoms with van der Waals surface area (Å²) >= 11 is 0. The molecule has 0 aliphatic heterocycles. The van der Waals surface area contributed by atoms with E-state index in [4.69, 9.17) is 15.2 Å². The fourth-order valence-electron chi connectivity index (χ4n) is 2.07. The Hall–Kier alpha value is -2.69. The van der Waals surface area contributed by atoms with Crippen molar-refractivity contribution in [1.82, 2.24) is 0 Å². The highest BCUT2D eigenvalue weighted by Crippen LogP contribution is 2.24. The number of nitrogen functional groups attached to an aromatic ring is 1. The van der Waals surface area contributed by atoms with Gasteiger partial charge < -0.3 is 20.5 Å². The number of amides is 1. The number of anilines is 2. The van der Waals surface area contributed by atoms with E-state index in [1.807, 2.05) is 24.3 Å². The average molecular weight is 314 g/mol. The molecule has 0 aliphatic carbocycles. The zero-order chi connectivity index (χ0) is 16.8. The highest BCUT2D eigenvalue weighted by molar-refractivity contribution is 5.95. The topological polar surface area (TPSA) is 73.6 Å². The fraction of sp³-hybridized carbons (Fsp3) is 0.278. The molecule has 0 radical (unpaired) electrons. The van der Waals surface area contributed by atoms with E-state index in [0.717, 1.165) is 0 Å². The number of ether oxygens (including phenoxy) is 2. The predicted molar refractivity (Wildman–Crippen MR) is 92.1 cm³/mol. The lowest BCUT2D eigenvalue weighted by molar-refractivity contribution is -0.118. The molecule has 0 spiro atoms. The first-order valence-corrected chi connectivity index (χ1v) is 7.45. The number of rotatable bonds is 6. The third kappa shape index (κ3) is 4.64. The number of carbonyl (C=O) groups excluding carboxylic acids is 1. The van der Waals surface area contributed by atoms with E-state index in [0.29, 0.717) is 28.8 Å². The molecular formula is C18H22N2O3. The molecule has 2 aromatic rings. The van der Waals surface area contributed by atoms with E-state index < -0.39 is 0 Å². The summed E-state index contributed by atoms with van der Waals surface area (Å²) in [5.41, 5.74) is 8.07. The summed E-state index contributed by atoms with van der Waals surface area (Å²) in [6.45, 7) is 4.18. The van der Waals surface area contributed by atoms with Crippen molar-refractivity contribution in [2.24, 2.45) is 0 Å². The Bertz CT molecular complexity index is 666. The maximum atomic E-state index is 11.9. The van der Waals surface area contributed by atoms with Crippen molar-refractivity contribution in [3.05, 3.63) is 48.0 Å². The molecule has 0 heterocycles. The molecule has 1 amide bonds. The van der Waals surface area contributed by atoms with Crippen LogP contribution in [0.15, 0.2) is 42.5 Å². The van der Waals surface area contributed by atoms with Crippen LogP contribution in [0.5, 0.6) is 11.5 Å². The lowest BCUT2D eigenvalue weighted by Gasteiger charge is -2.11. The molecule has 0 saturated carbocycles. The van der Waals surface area contributed by atoms with Gasteiger partial charge in [0.15, 0.2) is 6.61 Å². The van der Waals surface area contributed by atoms with Gasteiger partial charge in [0.05, 0.1) is 18.5 Å². The van der Waals surface area contributed by atoms with Crippen LogP contribution in [0.3, 0.4) is 0 Å². The molecule has 122 valence electrons. The Balaban J connectivity index is 1.90. The number of hydrogen-bond donors (Lipinski definition) is 2. The molecule has 23 heavy (non-hydrogen) atoms. The highest BCUT2D eigenvalue weighted by atomic mass is 16.5. The molecule has 5 nitrogen and oxygen atoms in total. The van der Waals surface area contributed by atoms with Crippen molar-refractivity contribution < 1.29 is 14.3 Å². The minimum atomic E-state index is -0.269. The molecule has 0 saturated heterocycles. The van der Waals surface area contributed by atoms with Crippen LogP contribution in [0, 0.1) is 0 Å². The summed E-state index contributed by atoms with van der Waals surface area (Å²) in [6, 6.07) is 12.8. The number of benzene rings is 2. The third-order valence-corrected chi connectivity index (χ3v) is 3.45. The van der Waals surface area contributed by atoms with Crippen LogP contribution in [0.4, 0.5) is 11.4 Å². The predicted octanol–water partition coefficient (Wildman–Crippen LogP) is 3.42. The van der Waals surface area contributed by atoms with Gasteiger partial charge in [-0.05, 0) is 35.7 Å². The van der Waals surface area contributed by atoms with Crippen molar-refractivity contribution in [3.63, 3.8) is 0 Å². The van der Waals surface area contributed by atoms with E-state index in [1.54, 1.807) is 25.3 Å². The summed E-state index contributed by atoms with van der Waals surface area (Å²) < 4.78 is 10.6. The summed E-state index contributed by atoms with van der Waals surface area (Å²) in [5.74, 6) is 1.49. The van der Waals surface area contributed by atoms with Gasteiger partial charge in [-0.25, -0.2) is 0 Å². The van der Waals surface area contributed by atoms with Crippen LogP contribution in [0.2, 0.25) is 0 Å². The lowest BCUT2D eigenvalue weighted by Crippen LogP contribution is -2.20. The maximum absolute atomic E-state index is 11.9. The molecule has 2 rings (SSSR count). The molecule has 5 heteroatoms. The van der Waals surface area contributed by atoms with E-state index in [9.17, 15) is 4.79 Å². The van der Waals surface area contributed by atoms with Crippen LogP contribution in [0.1, 0.15) is 25.3 Å². The minimum absolute atomic E-state index is 0.0769. The Morgan fingerprint density at radius 3 is 2.35 bits per heavy atom. The van der Waals surface area contributed by atoms with Gasteiger partial charge >= 0.3 is 0 Å². The van der Waals surface area contributed by atoms with Gasteiger partial charge in [0, 0.05) is 6.07 Å². The molecule has 2 aromatic carbocycles. The van der Waals surface area contributed by atoms with Gasteiger partial charge in [0.1, 0.15) is 11.5 Å². The van der Waals surface area contributed by atoms with Crippen LogP contribution in [0.25, 0.3) is 0 Å². The quantitative estimate of drug-likeness (QED) is 0.801. The van der Waals surface area contributed by atoms with Gasteiger partial charge in [-0.3, -0.25) is 4.79 Å². The summed E-state index contributed by atoms with van der Waals surface area (Å²) in [4.78, 5) is 11.9. The highest BCUT2D eigenvalue weighted by Gasteiger charge is 2.07. The average Bonchev–Trinajstić information content (AvgIpc) is 2.55. The zero-order valence-electron chi connectivity index (χ0n) is 13.6. The molecule has 0 bridgehead atoms. The third-order valence-electron chi connectivity index (χ3n) is 3.45. The summed E-state index contributed by atoms with van der Waals surface area (Å²) in [6.07, 6.45) is 0. The standard InChI is InChI=1S/C18H22N2O3/c1-12(2)13-4-6-14(7-5-13)23-11-18(21)20-17-9-8-15(22-3)10-16(17)19/h4-10,12H,11,19H2,1-3H3,(H,20,21). The number of methoxy groups -OCH3 is 1. The second kappa shape index (κ2) is 7.54. The first-order chi connectivity index (χ1) is 11.0. The van der Waals surface area contributed by atoms with Crippen molar-refractivity contribution in [3.8, 4) is 11.5 Å². The normalized spacial score (nSPS) is 10.4. The summed E-state index contributed by atoms with van der Waals surface area (Å²) in [7, 11) is 1.56. The molecule has 0 fully saturated rings. The van der Waals surface area contributed by atoms with Crippen molar-refractivity contribution in [2.75, 3.05) is 24.8 Å². The second-order valence-corrected chi connectivity index (χ2v) is 5.51. The molecule has 0 aliphatic rings. The van der Waals surface area contributed by atoms with E-state index in [1.165, 1.54) is 5.56 Å². The van der Waals surface area contributed by atoms with Crippen LogP contribution in [-0.2, 0) is 4.79 Å². The number of carbonyl (C=O) groups is 1. The largest absolute Gasteiger partial charge is 0.497 e. The smallest absolute Gasteiger partial charge is 0.262 e. The summed E-state index contributed by atoms with van der Waals surface area (Å²) in [5, 5.41) is 2.72. The monoisotopic (exact) mass is 314 g/mol. The Morgan fingerprint density at radius 2 is 1.78 bits per heavy atom. The van der Waals surface area contributed by atoms with E-state index in [2.05, 4.69) is 19.2 Å². The Kier molecular flexibility index (Phi) is 5.46. The van der Waals surface area contributed by atoms with Gasteiger partial charge in [-0.15, -0.1) is 0 Å². The first-order valence-electron chi connectivity index (χ1n) is 7.45. The van der Waals surface area contributed by atoms with E-state index >= 15 is 0 Å². The molecule has 0 unspecified atom stereocenters. The fourth-order valence-corrected chi connectivity index (χ4v) is 2.07. The number of nitrogens with two attached hydrogens (primary N) is 1. The van der Waals surface area contributed by atoms with Crippen molar-refractivity contribution >= 4 is 17.3 Å². The van der Waals surface area contributed by atoms with Gasteiger partial charge in [-0.1, -0.05) is 26.0 Å². The number of nitrogens with one attached hydrogen (secondary N) is 1. The lowest BCUT2D eigenvalue weighted by atomic mass is 10.0. The molecule has 3 N–H and O–H groups in total. The minimum Gasteiger partial charge on any atom is -0.497 e. The van der Waals surface area contributed by atoms with Crippen LogP contribution in [-0.4, -0.2) is 19.6 Å². The second-order valence-electron chi connectivity index (χ2n) is 5.51. The Morgan fingerprint density at radius 1 is 1.13 bits per heavy atom. The van der Waals surface area contributed by atoms with Gasteiger partial charge in [0.2, 0.25) is 0 Å². The zero-order valence-corrected chi connectivity index (χ0v) is 13.6. The van der Waals surface area contributed by atoms with Crippen LogP contribution >= 0.6 is 0 Å². The van der Waals surface area contributed by atoms with Crippen molar-refractivity contribution in [1.29, 1.82) is 0 Å². The maximum Gasteiger partial charge on any atom is 0.262 e. The SMILES string of the molecule is COc1ccc(NC(=O)COc2ccc(C(C)C)cc2)c(N)c1. The first kappa shape index (κ1) is 16.7. The van der Waals surface area contributed by atoms with Crippen molar-refractivity contribution in [2.45, 2.75) is 19.8 Å². The van der Waals surface area contributed by atoms with Crippen LogP contribution < -0.4 is 20.5 Å². The van der Waals surface area contributed by atoms with Gasteiger partial charge in [0.25, 0.3) is 5.91 Å². The molecule has 0 atom stereocenters. The number of hydrogen-bond acceptors (Lipinski definition) is 4. The molecular weight excluding hydrogens is 292 g/mol. The Labute approximate surface area is 136 Å². The molecule has 0 aromatic heterocycles.